The first-order valence-electron chi connectivity index (χ1n) is 8.01. The number of carbonyl (C=O) groups excluding carboxylic acids is 2. The van der Waals surface area contributed by atoms with E-state index in [2.05, 4.69) is 21.2 Å². The molecule has 1 N–H and O–H groups in total. The molecule has 1 saturated heterocycles. The number of carbonyl (C=O) groups is 2. The third-order valence-corrected chi connectivity index (χ3v) is 4.43. The van der Waals surface area contributed by atoms with E-state index in [1.165, 1.54) is 0 Å². The van der Waals surface area contributed by atoms with Crippen molar-refractivity contribution in [3.63, 3.8) is 0 Å². The predicted octanol–water partition coefficient (Wildman–Crippen LogP) is 1.83. The molecule has 0 bridgehead atoms. The number of hydrogen-bond acceptors (Lipinski definition) is 4. The molecular formula is C17H23BrN2O4. The zero-order valence-corrected chi connectivity index (χ0v) is 15.4. The van der Waals surface area contributed by atoms with Crippen molar-refractivity contribution in [2.75, 3.05) is 40.0 Å². The minimum atomic E-state index is -0.121. The number of hydrogen-bond donors (Lipinski definition) is 1. The summed E-state index contributed by atoms with van der Waals surface area (Å²) < 4.78 is 11.0. The monoisotopic (exact) mass is 398 g/mol. The molecule has 2 rings (SSSR count). The van der Waals surface area contributed by atoms with Crippen LogP contribution in [0.3, 0.4) is 0 Å². The number of methoxy groups -OCH3 is 1. The summed E-state index contributed by atoms with van der Waals surface area (Å²) in [5, 5.41) is 2.95. The van der Waals surface area contributed by atoms with Gasteiger partial charge in [-0.05, 0) is 37.1 Å². The number of nitrogens with one attached hydrogen (secondary N) is 1. The van der Waals surface area contributed by atoms with Crippen LogP contribution in [0.1, 0.15) is 23.2 Å². The van der Waals surface area contributed by atoms with Crippen LogP contribution in [-0.2, 0) is 14.3 Å². The summed E-state index contributed by atoms with van der Waals surface area (Å²) in [6, 6.07) is 7.46. The van der Waals surface area contributed by atoms with E-state index >= 15 is 0 Å². The van der Waals surface area contributed by atoms with Crippen molar-refractivity contribution in [3.8, 4) is 0 Å². The zero-order valence-electron chi connectivity index (χ0n) is 13.8. The third kappa shape index (κ3) is 5.89. The van der Waals surface area contributed by atoms with Gasteiger partial charge < -0.3 is 19.7 Å². The van der Waals surface area contributed by atoms with Crippen molar-refractivity contribution in [2.24, 2.45) is 0 Å². The molecule has 1 aliphatic heterocycles. The van der Waals surface area contributed by atoms with Crippen LogP contribution in [0.2, 0.25) is 0 Å². The lowest BCUT2D eigenvalue weighted by molar-refractivity contribution is -0.127. The fourth-order valence-electron chi connectivity index (χ4n) is 2.58. The smallest absolute Gasteiger partial charge is 0.253 e. The number of likely N-dealkylation sites (tertiary alicyclic amines) is 1. The number of rotatable bonds is 7. The maximum atomic E-state index is 12.4. The SMILES string of the molecule is COCCOCC(=O)NC1CCN(C(=O)c2ccc(Br)cc2)CC1. The molecule has 0 aliphatic carbocycles. The molecule has 1 aromatic carbocycles. The molecule has 7 heteroatoms. The molecule has 1 aliphatic rings. The molecule has 0 aromatic heterocycles. The van der Waals surface area contributed by atoms with Gasteiger partial charge in [0.25, 0.3) is 5.91 Å². The number of benzene rings is 1. The Morgan fingerprint density at radius 2 is 1.88 bits per heavy atom. The molecule has 0 unspecified atom stereocenters. The summed E-state index contributed by atoms with van der Waals surface area (Å²) in [6.07, 6.45) is 1.51. The Hall–Kier alpha value is -1.44. The molecule has 6 nitrogen and oxygen atoms in total. The summed E-state index contributed by atoms with van der Waals surface area (Å²) in [6.45, 7) is 2.21. The average Bonchev–Trinajstić information content (AvgIpc) is 2.59. The Bertz CT molecular complexity index is 542. The van der Waals surface area contributed by atoms with Crippen LogP contribution in [0.15, 0.2) is 28.7 Å². The van der Waals surface area contributed by atoms with Gasteiger partial charge in [0.2, 0.25) is 5.91 Å². The number of halogens is 1. The van der Waals surface area contributed by atoms with Gasteiger partial charge in [-0.25, -0.2) is 0 Å². The minimum Gasteiger partial charge on any atom is -0.382 e. The molecule has 1 heterocycles. The fourth-order valence-corrected chi connectivity index (χ4v) is 2.84. The van der Waals surface area contributed by atoms with Crippen LogP contribution >= 0.6 is 15.9 Å². The maximum Gasteiger partial charge on any atom is 0.253 e. The molecule has 132 valence electrons. The van der Waals surface area contributed by atoms with E-state index in [9.17, 15) is 9.59 Å². The van der Waals surface area contributed by atoms with Crippen LogP contribution < -0.4 is 5.32 Å². The number of amides is 2. The summed E-state index contributed by atoms with van der Waals surface area (Å²) in [5.74, 6) is -0.0843. The van der Waals surface area contributed by atoms with Crippen molar-refractivity contribution < 1.29 is 19.1 Å². The Labute approximate surface area is 150 Å². The van der Waals surface area contributed by atoms with Crippen molar-refractivity contribution in [1.29, 1.82) is 0 Å². The van der Waals surface area contributed by atoms with Crippen molar-refractivity contribution in [3.05, 3.63) is 34.3 Å². The van der Waals surface area contributed by atoms with Crippen molar-refractivity contribution in [1.82, 2.24) is 10.2 Å². The first-order chi connectivity index (χ1) is 11.6. The molecule has 0 atom stereocenters. The van der Waals surface area contributed by atoms with Crippen LogP contribution in [0.4, 0.5) is 0 Å². The third-order valence-electron chi connectivity index (χ3n) is 3.90. The molecule has 24 heavy (non-hydrogen) atoms. The molecule has 2 amide bonds. The van der Waals surface area contributed by atoms with Gasteiger partial charge in [-0.15, -0.1) is 0 Å². The molecule has 0 radical (unpaired) electrons. The van der Waals surface area contributed by atoms with Gasteiger partial charge in [0, 0.05) is 36.3 Å². The maximum absolute atomic E-state index is 12.4. The molecule has 1 aromatic rings. The van der Waals surface area contributed by atoms with Gasteiger partial charge in [0.05, 0.1) is 13.2 Å². The van der Waals surface area contributed by atoms with Gasteiger partial charge >= 0.3 is 0 Å². The minimum absolute atomic E-state index is 0.0372. The topological polar surface area (TPSA) is 67.9 Å². The van der Waals surface area contributed by atoms with Gasteiger partial charge in [0.1, 0.15) is 6.61 Å². The lowest BCUT2D eigenvalue weighted by Crippen LogP contribution is -2.47. The van der Waals surface area contributed by atoms with Gasteiger partial charge in [-0.1, -0.05) is 15.9 Å². The lowest BCUT2D eigenvalue weighted by atomic mass is 10.0. The van der Waals surface area contributed by atoms with Crippen LogP contribution in [0.25, 0.3) is 0 Å². The normalized spacial score (nSPS) is 15.3. The highest BCUT2D eigenvalue weighted by Crippen LogP contribution is 2.16. The van der Waals surface area contributed by atoms with E-state index in [1.54, 1.807) is 7.11 Å². The summed E-state index contributed by atoms with van der Waals surface area (Å²) in [5.41, 5.74) is 0.687. The van der Waals surface area contributed by atoms with Gasteiger partial charge in [-0.3, -0.25) is 9.59 Å². The summed E-state index contributed by atoms with van der Waals surface area (Å²) >= 11 is 3.37. The molecule has 0 saturated carbocycles. The summed E-state index contributed by atoms with van der Waals surface area (Å²) in [7, 11) is 1.59. The Morgan fingerprint density at radius 3 is 2.50 bits per heavy atom. The summed E-state index contributed by atoms with van der Waals surface area (Å²) in [4.78, 5) is 26.0. The van der Waals surface area contributed by atoms with E-state index in [1.807, 2.05) is 29.2 Å². The highest BCUT2D eigenvalue weighted by molar-refractivity contribution is 9.10. The second-order valence-electron chi connectivity index (χ2n) is 5.69. The fraction of sp³-hybridized carbons (Fsp3) is 0.529. The number of nitrogens with zero attached hydrogens (tertiary/aromatic N) is 1. The van der Waals surface area contributed by atoms with E-state index in [4.69, 9.17) is 9.47 Å². The Morgan fingerprint density at radius 1 is 1.21 bits per heavy atom. The standard InChI is InChI=1S/C17H23BrN2O4/c1-23-10-11-24-12-16(21)19-15-6-8-20(9-7-15)17(22)13-2-4-14(18)5-3-13/h2-5,15H,6-12H2,1H3,(H,19,21). The van der Waals surface area contributed by atoms with E-state index in [0.29, 0.717) is 31.9 Å². The first kappa shape index (κ1) is 18.9. The van der Waals surface area contributed by atoms with Crippen LogP contribution in [0.5, 0.6) is 0 Å². The van der Waals surface area contributed by atoms with E-state index in [0.717, 1.165) is 17.3 Å². The molecule has 0 spiro atoms. The molecule has 1 fully saturated rings. The second-order valence-corrected chi connectivity index (χ2v) is 6.60. The highest BCUT2D eigenvalue weighted by atomic mass is 79.9. The number of piperidine rings is 1. The average molecular weight is 399 g/mol. The Balaban J connectivity index is 1.72. The number of ether oxygens (including phenoxy) is 2. The molecular weight excluding hydrogens is 376 g/mol. The lowest BCUT2D eigenvalue weighted by Gasteiger charge is -2.32. The van der Waals surface area contributed by atoms with Gasteiger partial charge in [0.15, 0.2) is 0 Å². The Kier molecular flexibility index (Phi) is 7.68. The van der Waals surface area contributed by atoms with Crippen molar-refractivity contribution in [2.45, 2.75) is 18.9 Å². The first-order valence-corrected chi connectivity index (χ1v) is 8.80. The largest absolute Gasteiger partial charge is 0.382 e. The van der Waals surface area contributed by atoms with Crippen LogP contribution in [0, 0.1) is 0 Å². The van der Waals surface area contributed by atoms with E-state index in [-0.39, 0.29) is 24.5 Å². The quantitative estimate of drug-likeness (QED) is 0.711. The van der Waals surface area contributed by atoms with E-state index < -0.39 is 0 Å². The predicted molar refractivity (Wildman–Crippen MR) is 93.9 cm³/mol. The zero-order chi connectivity index (χ0) is 17.4. The van der Waals surface area contributed by atoms with Crippen LogP contribution in [-0.4, -0.2) is 62.8 Å². The van der Waals surface area contributed by atoms with Gasteiger partial charge in [-0.2, -0.15) is 0 Å². The highest BCUT2D eigenvalue weighted by Gasteiger charge is 2.24. The van der Waals surface area contributed by atoms with Crippen molar-refractivity contribution >= 4 is 27.7 Å². The second kappa shape index (κ2) is 9.76.